The van der Waals surface area contributed by atoms with Crippen LogP contribution in [0.1, 0.15) is 144 Å². The maximum absolute atomic E-state index is 13.5. The van der Waals surface area contributed by atoms with Gasteiger partial charge in [0.05, 0.1) is 33.5 Å². The maximum atomic E-state index is 13.5. The number of alkyl halides is 6. The molecule has 2 fully saturated rings. The third-order valence-corrected chi connectivity index (χ3v) is 17.0. The van der Waals surface area contributed by atoms with E-state index >= 15 is 0 Å². The molecule has 0 spiro atoms. The molecule has 80 heavy (non-hydrogen) atoms. The number of halogens is 6. The van der Waals surface area contributed by atoms with E-state index in [1.807, 2.05) is 67.3 Å². The summed E-state index contributed by atoms with van der Waals surface area (Å²) in [6.07, 6.45) is -8.83. The molecule has 0 aliphatic carbocycles. The van der Waals surface area contributed by atoms with Gasteiger partial charge in [-0.1, -0.05) is 184 Å². The average molecular weight is 1090 g/mol. The molecule has 0 unspecified atom stereocenters. The lowest BCUT2D eigenvalue weighted by Crippen LogP contribution is -2.49. The first-order valence-corrected chi connectivity index (χ1v) is 27.6. The minimum atomic E-state index is -4.41. The molecule has 2 saturated heterocycles. The van der Waals surface area contributed by atoms with E-state index in [-0.39, 0.29) is 13.4 Å². The van der Waals surface area contributed by atoms with Crippen molar-refractivity contribution in [2.45, 2.75) is 173 Å². The largest absolute Gasteiger partial charge is 0.486 e. The number of hydrogen-bond acceptors (Lipinski definition) is 4. The Morgan fingerprint density at radius 3 is 0.713 bits per heavy atom. The Kier molecular flexibility index (Phi) is 17.6. The molecule has 4 nitrogen and oxygen atoms in total. The first-order valence-electron chi connectivity index (χ1n) is 27.6. The Balaban J connectivity index is 0.000000231. The van der Waals surface area contributed by atoms with E-state index in [0.717, 1.165) is 102 Å². The Morgan fingerprint density at radius 1 is 0.350 bits per heavy atom. The lowest BCUT2D eigenvalue weighted by atomic mass is 9.32. The van der Waals surface area contributed by atoms with Crippen molar-refractivity contribution in [3.8, 4) is 0 Å². The van der Waals surface area contributed by atoms with Gasteiger partial charge in [0, 0.05) is 0 Å². The summed E-state index contributed by atoms with van der Waals surface area (Å²) in [5.74, 6) is 3.95. The summed E-state index contributed by atoms with van der Waals surface area (Å²) in [6.45, 7) is 40.7. The van der Waals surface area contributed by atoms with E-state index in [0.29, 0.717) is 11.1 Å². The van der Waals surface area contributed by atoms with E-state index in [2.05, 4.69) is 132 Å². The second kappa shape index (κ2) is 22.7. The van der Waals surface area contributed by atoms with Crippen molar-refractivity contribution in [3.63, 3.8) is 0 Å². The highest BCUT2D eigenvalue weighted by Gasteiger charge is 2.52. The second-order valence-corrected chi connectivity index (χ2v) is 24.8. The molecule has 0 saturated carbocycles. The number of benzene rings is 6. The van der Waals surface area contributed by atoms with E-state index in [1.165, 1.54) is 22.3 Å². The zero-order valence-corrected chi connectivity index (χ0v) is 50.6. The minimum Gasteiger partial charge on any atom is -0.400 e. The number of rotatable bonds is 10. The molecule has 0 radical (unpaired) electrons. The van der Waals surface area contributed by atoms with Crippen LogP contribution < -0.4 is 21.9 Å². The molecule has 2 aliphatic heterocycles. The fourth-order valence-corrected chi connectivity index (χ4v) is 12.1. The predicted octanol–water partition coefficient (Wildman–Crippen LogP) is 14.8. The Hall–Kier alpha value is -5.52. The minimum absolute atomic E-state index is 0.253. The van der Waals surface area contributed by atoms with Crippen LogP contribution in [0.3, 0.4) is 0 Å². The van der Waals surface area contributed by atoms with Gasteiger partial charge in [-0.2, -0.15) is 26.3 Å². The molecule has 6 aromatic carbocycles. The van der Waals surface area contributed by atoms with Crippen LogP contribution in [0.15, 0.2) is 109 Å². The first kappa shape index (κ1) is 62.1. The van der Waals surface area contributed by atoms with Crippen molar-refractivity contribution >= 4 is 60.5 Å². The molecule has 0 atom stereocenters. The summed E-state index contributed by atoms with van der Waals surface area (Å²) in [7, 11) is -1.33. The van der Waals surface area contributed by atoms with Gasteiger partial charge in [0.25, 0.3) is 0 Å². The van der Waals surface area contributed by atoms with E-state index in [4.69, 9.17) is 18.6 Å². The van der Waals surface area contributed by atoms with Crippen molar-refractivity contribution in [2.24, 2.45) is 0 Å². The van der Waals surface area contributed by atoms with Gasteiger partial charge >= 0.3 is 26.6 Å². The molecule has 0 N–H and O–H groups in total. The summed E-state index contributed by atoms with van der Waals surface area (Å²) in [6, 6.07) is 28.3. The molecule has 2 heterocycles. The molecule has 14 heteroatoms. The predicted molar refractivity (Wildman–Crippen MR) is 324 cm³/mol. The highest BCUT2D eigenvalue weighted by Crippen LogP contribution is 2.41. The summed E-state index contributed by atoms with van der Waals surface area (Å²) in [5, 5.41) is 0. The van der Waals surface area contributed by atoms with Gasteiger partial charge in [0.15, 0.2) is 0 Å². The summed E-state index contributed by atoms with van der Waals surface area (Å²) in [4.78, 5) is 0. The fraction of sp³-hybridized carbons (Fsp3) is 0.394. The highest BCUT2D eigenvalue weighted by molar-refractivity contribution is 7.02. The van der Waals surface area contributed by atoms with Crippen LogP contribution in [-0.4, -0.2) is 50.1 Å². The first-order chi connectivity index (χ1) is 36.8. The van der Waals surface area contributed by atoms with E-state index in [9.17, 15) is 26.3 Å². The zero-order valence-electron chi connectivity index (χ0n) is 50.6. The molecule has 6 aromatic rings. The smallest absolute Gasteiger partial charge is 0.400 e. The van der Waals surface area contributed by atoms with Gasteiger partial charge in [-0.3, -0.25) is 0 Å². The lowest BCUT2D eigenvalue weighted by Gasteiger charge is -2.32. The van der Waals surface area contributed by atoms with Crippen molar-refractivity contribution < 1.29 is 45.0 Å². The molecular weight excluding hydrogens is 1010 g/mol. The van der Waals surface area contributed by atoms with Crippen LogP contribution in [0.25, 0.3) is 10.9 Å². The Bertz CT molecular complexity index is 2890. The third-order valence-electron chi connectivity index (χ3n) is 17.0. The molecular formula is C66H78B4F6O4. The van der Waals surface area contributed by atoms with E-state index in [1.54, 1.807) is 24.3 Å². The number of hydrogen-bond donors (Lipinski definition) is 0. The van der Waals surface area contributed by atoms with Crippen molar-refractivity contribution in [1.29, 1.82) is 0 Å². The van der Waals surface area contributed by atoms with Gasteiger partial charge in [0.1, 0.15) is 0 Å². The van der Waals surface area contributed by atoms with Gasteiger partial charge in [0.2, 0.25) is 13.4 Å². The summed E-state index contributed by atoms with van der Waals surface area (Å²) < 4.78 is 107. The molecule has 0 aromatic heterocycles. The molecule has 0 amide bonds. The van der Waals surface area contributed by atoms with Crippen LogP contribution in [0, 0.1) is 83.1 Å². The normalized spacial score (nSPS) is 16.9. The van der Waals surface area contributed by atoms with E-state index < -0.39 is 60.1 Å². The summed E-state index contributed by atoms with van der Waals surface area (Å²) in [5.41, 5.74) is 17.9. The Labute approximate surface area is 474 Å². The van der Waals surface area contributed by atoms with Gasteiger partial charge in [-0.05, 0) is 174 Å². The number of aryl methyl sites for hydroxylation is 12. The quantitative estimate of drug-likeness (QED) is 0.101. The summed E-state index contributed by atoms with van der Waals surface area (Å²) >= 11 is 0. The highest BCUT2D eigenvalue weighted by atomic mass is 19.4. The average Bonchev–Trinajstić information content (AvgIpc) is 3.64. The third kappa shape index (κ3) is 13.0. The fourth-order valence-electron chi connectivity index (χ4n) is 12.1. The molecule has 0 bridgehead atoms. The van der Waals surface area contributed by atoms with Gasteiger partial charge < -0.3 is 18.6 Å². The molecule has 420 valence electrons. The van der Waals surface area contributed by atoms with Crippen molar-refractivity contribution in [1.82, 2.24) is 0 Å². The topological polar surface area (TPSA) is 36.9 Å². The monoisotopic (exact) mass is 1090 g/mol. The maximum Gasteiger partial charge on any atom is 0.486 e. The second-order valence-electron chi connectivity index (χ2n) is 24.8. The zero-order chi connectivity index (χ0) is 59.6. The van der Waals surface area contributed by atoms with Crippen LogP contribution in [0.5, 0.6) is 0 Å². The molecule has 8 rings (SSSR count). The van der Waals surface area contributed by atoms with Crippen molar-refractivity contribution in [2.75, 3.05) is 0 Å². The van der Waals surface area contributed by atoms with Crippen LogP contribution >= 0.6 is 0 Å². The molecule has 2 aliphatic rings. The van der Waals surface area contributed by atoms with Gasteiger partial charge in [-0.15, -0.1) is 0 Å². The van der Waals surface area contributed by atoms with Crippen LogP contribution in [-0.2, 0) is 31.0 Å². The lowest BCUT2D eigenvalue weighted by molar-refractivity contribution is -0.138. The van der Waals surface area contributed by atoms with Gasteiger partial charge in [-0.25, -0.2) is 0 Å². The standard InChI is InChI=1S/2C33H39B2F3O2/c2*1-20-15-22(3)29(23(4)16-20)35(30-24(5)17-21(2)18-25(30)6)28(19-34-39-31(7,8)32(9,10)40-34)26-11-13-27(14-12-26)33(36,37)38/h2*11-19H,1-10H3/b2*28-19-. The SMILES string of the molecule is Cc1cc(C)c(B(/C(=C\B2OC(C)(C)C(C)(C)O2)c2ccc(C(F)(F)F)cc2)c2c(C)cc(C)cc2C)c(C)c1.Cc1cc(C)c(B(/C(=C\B2OC(C)(C)C(C)(C)O2)c2ccc(C(F)(F)F)cc2)c2c(C)cc(C)cc2C)c(C)c1. The van der Waals surface area contributed by atoms with Crippen molar-refractivity contribution in [3.05, 3.63) is 198 Å². The van der Waals surface area contributed by atoms with Crippen LogP contribution in [0.2, 0.25) is 0 Å². The van der Waals surface area contributed by atoms with Crippen LogP contribution in [0.4, 0.5) is 26.3 Å². The Morgan fingerprint density at radius 2 is 0.537 bits per heavy atom.